The van der Waals surface area contributed by atoms with Gasteiger partial charge >= 0.3 is 0 Å². The summed E-state index contributed by atoms with van der Waals surface area (Å²) in [7, 11) is 0. The Morgan fingerprint density at radius 3 is 3.07 bits per heavy atom. The molecule has 0 radical (unpaired) electrons. The fourth-order valence-corrected chi connectivity index (χ4v) is 1.60. The third-order valence-electron chi connectivity index (χ3n) is 2.15. The molecule has 2 rings (SSSR count). The Hall–Kier alpha value is -0.320. The number of aromatic nitrogens is 1. The Morgan fingerprint density at radius 2 is 2.50 bits per heavy atom. The molecule has 0 spiro atoms. The predicted molar refractivity (Wildman–Crippen MR) is 58.8 cm³/mol. The maximum atomic E-state index is 5.76. The van der Waals surface area contributed by atoms with Crippen LogP contribution in [0.1, 0.15) is 6.42 Å². The van der Waals surface area contributed by atoms with Crippen molar-refractivity contribution in [2.75, 3.05) is 13.2 Å². The molecule has 1 fully saturated rings. The number of nitrogens with zero attached hydrogens (tertiary/aromatic N) is 1. The Balaban J connectivity index is 1.91. The van der Waals surface area contributed by atoms with Crippen molar-refractivity contribution in [2.45, 2.75) is 12.5 Å². The minimum atomic E-state index is 0.458. The first-order valence-corrected chi connectivity index (χ1v) is 5.60. The van der Waals surface area contributed by atoms with Crippen molar-refractivity contribution in [3.05, 3.63) is 21.9 Å². The molecule has 3 nitrogen and oxygen atoms in total. The first-order chi connectivity index (χ1) is 6.75. The number of pyridine rings is 1. The van der Waals surface area contributed by atoms with Gasteiger partial charge in [-0.05, 0) is 35.0 Å². The zero-order valence-corrected chi connectivity index (χ0v) is 9.81. The van der Waals surface area contributed by atoms with Crippen molar-refractivity contribution in [3.8, 4) is 5.75 Å². The van der Waals surface area contributed by atoms with E-state index in [1.165, 1.54) is 6.42 Å². The molecule has 1 atom stereocenters. The van der Waals surface area contributed by atoms with Crippen LogP contribution < -0.4 is 10.1 Å². The van der Waals surface area contributed by atoms with E-state index in [0.717, 1.165) is 16.8 Å². The second-order valence-electron chi connectivity index (χ2n) is 3.19. The van der Waals surface area contributed by atoms with Crippen molar-refractivity contribution < 1.29 is 4.74 Å². The van der Waals surface area contributed by atoms with E-state index in [1.807, 2.05) is 6.07 Å². The molecule has 0 aliphatic carbocycles. The number of hydrogen-bond donors (Lipinski definition) is 1. The van der Waals surface area contributed by atoms with Crippen LogP contribution in [0.3, 0.4) is 0 Å². The topological polar surface area (TPSA) is 34.1 Å². The van der Waals surface area contributed by atoms with Gasteiger partial charge in [-0.15, -0.1) is 0 Å². The Morgan fingerprint density at radius 1 is 1.71 bits per heavy atom. The fraction of sp³-hybridized carbons (Fsp3) is 0.444. The normalized spacial score (nSPS) is 20.3. The second-order valence-corrected chi connectivity index (χ2v) is 4.41. The van der Waals surface area contributed by atoms with Gasteiger partial charge < -0.3 is 10.1 Å². The highest BCUT2D eigenvalue weighted by molar-refractivity contribution is 9.10. The van der Waals surface area contributed by atoms with Gasteiger partial charge in [-0.2, -0.15) is 0 Å². The fourth-order valence-electron chi connectivity index (χ4n) is 1.17. The molecule has 1 N–H and O–H groups in total. The molecule has 2 heterocycles. The molecular weight excluding hydrogens is 267 g/mol. The molecule has 0 amide bonds. The lowest BCUT2D eigenvalue weighted by Gasteiger charge is -2.27. The summed E-state index contributed by atoms with van der Waals surface area (Å²) >= 11 is 9.05. The average molecular weight is 278 g/mol. The summed E-state index contributed by atoms with van der Waals surface area (Å²) in [6.45, 7) is 1.78. The first kappa shape index (κ1) is 10.2. The summed E-state index contributed by atoms with van der Waals surface area (Å²) in [5.41, 5.74) is 0. The minimum Gasteiger partial charge on any atom is -0.490 e. The van der Waals surface area contributed by atoms with E-state index in [1.54, 1.807) is 6.20 Å². The largest absolute Gasteiger partial charge is 0.490 e. The highest BCUT2D eigenvalue weighted by atomic mass is 79.9. The minimum absolute atomic E-state index is 0.458. The third kappa shape index (κ3) is 2.38. The van der Waals surface area contributed by atoms with Crippen LogP contribution in [-0.4, -0.2) is 24.2 Å². The van der Waals surface area contributed by atoms with Crippen LogP contribution >= 0.6 is 27.5 Å². The van der Waals surface area contributed by atoms with E-state index in [0.29, 0.717) is 17.8 Å². The predicted octanol–water partition coefficient (Wildman–Crippen LogP) is 2.24. The van der Waals surface area contributed by atoms with Crippen LogP contribution in [0, 0.1) is 0 Å². The van der Waals surface area contributed by atoms with Crippen molar-refractivity contribution >= 4 is 27.5 Å². The third-order valence-corrected chi connectivity index (χ3v) is 3.28. The Labute approximate surface area is 95.9 Å². The molecule has 1 saturated heterocycles. The van der Waals surface area contributed by atoms with E-state index < -0.39 is 0 Å². The van der Waals surface area contributed by atoms with E-state index in [4.69, 9.17) is 16.3 Å². The van der Waals surface area contributed by atoms with Crippen LogP contribution in [-0.2, 0) is 0 Å². The number of ether oxygens (including phenoxy) is 1. The zero-order chi connectivity index (χ0) is 9.97. The molecule has 76 valence electrons. The summed E-state index contributed by atoms with van der Waals surface area (Å²) in [6.07, 6.45) is 2.81. The van der Waals surface area contributed by atoms with Crippen molar-refractivity contribution in [1.29, 1.82) is 0 Å². The monoisotopic (exact) mass is 276 g/mol. The number of halogens is 2. The average Bonchev–Trinajstić information content (AvgIpc) is 2.08. The van der Waals surface area contributed by atoms with Crippen molar-refractivity contribution in [1.82, 2.24) is 10.3 Å². The van der Waals surface area contributed by atoms with Gasteiger partial charge in [0, 0.05) is 6.04 Å². The van der Waals surface area contributed by atoms with Gasteiger partial charge in [-0.25, -0.2) is 4.98 Å². The molecule has 1 unspecified atom stereocenters. The van der Waals surface area contributed by atoms with Gasteiger partial charge in [0.25, 0.3) is 0 Å². The summed E-state index contributed by atoms with van der Waals surface area (Å²) in [5, 5.41) is 3.72. The van der Waals surface area contributed by atoms with Crippen LogP contribution in [0.25, 0.3) is 0 Å². The number of nitrogens with one attached hydrogen (secondary N) is 1. The molecular formula is C9H10BrClN2O. The van der Waals surface area contributed by atoms with Crippen LogP contribution in [0.4, 0.5) is 0 Å². The van der Waals surface area contributed by atoms with E-state index in [-0.39, 0.29) is 0 Å². The smallest absolute Gasteiger partial charge is 0.143 e. The molecule has 1 aliphatic rings. The Bertz CT molecular complexity index is 331. The second kappa shape index (κ2) is 4.47. The van der Waals surface area contributed by atoms with Crippen LogP contribution in [0.15, 0.2) is 16.7 Å². The molecule has 5 heteroatoms. The number of rotatable bonds is 3. The van der Waals surface area contributed by atoms with Gasteiger partial charge in [0.1, 0.15) is 17.5 Å². The van der Waals surface area contributed by atoms with Crippen molar-refractivity contribution in [2.24, 2.45) is 0 Å². The SMILES string of the molecule is Clc1ncc(OCC2CCN2)cc1Br. The van der Waals surface area contributed by atoms with Gasteiger partial charge in [0.2, 0.25) is 0 Å². The number of hydrogen-bond acceptors (Lipinski definition) is 3. The van der Waals surface area contributed by atoms with E-state index >= 15 is 0 Å². The van der Waals surface area contributed by atoms with E-state index in [2.05, 4.69) is 26.2 Å². The van der Waals surface area contributed by atoms with Gasteiger partial charge in [0.05, 0.1) is 10.7 Å². The van der Waals surface area contributed by atoms with Crippen LogP contribution in [0.5, 0.6) is 5.75 Å². The van der Waals surface area contributed by atoms with Gasteiger partial charge in [-0.3, -0.25) is 0 Å². The molecule has 1 aromatic heterocycles. The lowest BCUT2D eigenvalue weighted by atomic mass is 10.1. The summed E-state index contributed by atoms with van der Waals surface area (Å²) in [5.74, 6) is 0.745. The van der Waals surface area contributed by atoms with Crippen LogP contribution in [0.2, 0.25) is 5.15 Å². The summed E-state index contributed by atoms with van der Waals surface area (Å²) in [4.78, 5) is 3.97. The highest BCUT2D eigenvalue weighted by Crippen LogP contribution is 2.24. The lowest BCUT2D eigenvalue weighted by molar-refractivity contribution is 0.217. The van der Waals surface area contributed by atoms with E-state index in [9.17, 15) is 0 Å². The highest BCUT2D eigenvalue weighted by Gasteiger charge is 2.16. The molecule has 14 heavy (non-hydrogen) atoms. The molecule has 0 aromatic carbocycles. The zero-order valence-electron chi connectivity index (χ0n) is 7.46. The standard InChI is InChI=1S/C9H10BrClN2O/c10-8-3-7(4-13-9(8)11)14-5-6-1-2-12-6/h3-4,6,12H,1-2,5H2. The summed E-state index contributed by atoms with van der Waals surface area (Å²) in [6, 6.07) is 2.32. The molecule has 0 saturated carbocycles. The quantitative estimate of drug-likeness (QED) is 0.861. The maximum Gasteiger partial charge on any atom is 0.143 e. The Kier molecular flexibility index (Phi) is 3.26. The molecule has 0 bridgehead atoms. The first-order valence-electron chi connectivity index (χ1n) is 4.43. The molecule has 1 aromatic rings. The van der Waals surface area contributed by atoms with Gasteiger partial charge in [-0.1, -0.05) is 11.6 Å². The van der Waals surface area contributed by atoms with Gasteiger partial charge in [0.15, 0.2) is 0 Å². The van der Waals surface area contributed by atoms with Crippen molar-refractivity contribution in [3.63, 3.8) is 0 Å². The maximum absolute atomic E-state index is 5.76. The molecule has 1 aliphatic heterocycles. The summed E-state index contributed by atoms with van der Waals surface area (Å²) < 4.78 is 6.29. The lowest BCUT2D eigenvalue weighted by Crippen LogP contribution is -2.46.